The second kappa shape index (κ2) is 15.5. The topological polar surface area (TPSA) is 129 Å². The number of aromatic hydroxyl groups is 5. The first kappa shape index (κ1) is 36.1. The Morgan fingerprint density at radius 1 is 0.760 bits per heavy atom. The number of aryl methyl sites for hydroxylation is 2. The van der Waals surface area contributed by atoms with E-state index in [2.05, 4.69) is 6.08 Å². The lowest BCUT2D eigenvalue weighted by atomic mass is 9.83. The molecule has 0 fully saturated rings. The van der Waals surface area contributed by atoms with Gasteiger partial charge in [-0.1, -0.05) is 41.5 Å². The number of methoxy groups -OCH3 is 2. The van der Waals surface area contributed by atoms with Crippen molar-refractivity contribution in [3.63, 3.8) is 0 Å². The number of phenolic OH excluding ortho intramolecular Hbond substituents is 5. The summed E-state index contributed by atoms with van der Waals surface area (Å²) in [4.78, 5) is 0. The van der Waals surface area contributed by atoms with Gasteiger partial charge in [0.15, 0.2) is 0 Å². The fraction of sp³-hybridized carbons (Fsp3) is 0.333. The lowest BCUT2D eigenvalue weighted by Crippen LogP contribution is -2.18. The molecule has 0 radical (unpaired) electrons. The van der Waals surface area contributed by atoms with E-state index in [1.807, 2.05) is 58.0 Å². The van der Waals surface area contributed by atoms with E-state index < -0.39 is 12.0 Å². The minimum atomic E-state index is -0.582. The Labute approximate surface area is 294 Å². The van der Waals surface area contributed by atoms with Gasteiger partial charge >= 0.3 is 0 Å². The van der Waals surface area contributed by atoms with Crippen LogP contribution in [0.15, 0.2) is 77.9 Å². The van der Waals surface area contributed by atoms with Gasteiger partial charge in [0.1, 0.15) is 52.1 Å². The summed E-state index contributed by atoms with van der Waals surface area (Å²) in [5.74, 6) is 1.14. The predicted molar refractivity (Wildman–Crippen MR) is 195 cm³/mol. The molecule has 50 heavy (non-hydrogen) atoms. The minimum Gasteiger partial charge on any atom is -0.508 e. The molecule has 1 aliphatic rings. The standard InChI is InChI=1S/C42H48O8/c1-24(2)7-14-31-38(48-5)18-10-26(41(31)47)9-16-29(30-17-13-28(43)21-35(30)44)33-22-34(37(46)23-36(33)45)40-20-12-27-11-19-39(49-6)32(42(27)50-40)15-8-25(3)4/h7-8,10-11,13,17-19,21-23,29,40,43-47H,9,12,14-16,20H2,1-6H3/t29?,40-/m1/s1. The van der Waals surface area contributed by atoms with E-state index in [4.69, 9.17) is 14.2 Å². The molecule has 1 aliphatic heterocycles. The Balaban J connectivity index is 1.55. The molecule has 0 bridgehead atoms. The molecule has 0 saturated heterocycles. The maximum atomic E-state index is 11.4. The van der Waals surface area contributed by atoms with Gasteiger partial charge in [0, 0.05) is 45.9 Å². The van der Waals surface area contributed by atoms with E-state index in [0.29, 0.717) is 65.7 Å². The van der Waals surface area contributed by atoms with Crippen LogP contribution in [-0.2, 0) is 25.7 Å². The lowest BCUT2D eigenvalue weighted by Gasteiger charge is -2.30. The molecule has 5 N–H and O–H groups in total. The van der Waals surface area contributed by atoms with Gasteiger partial charge in [0.05, 0.1) is 14.2 Å². The summed E-state index contributed by atoms with van der Waals surface area (Å²) in [6, 6.07) is 15.1. The molecule has 0 saturated carbocycles. The second-order valence-electron chi connectivity index (χ2n) is 13.4. The summed E-state index contributed by atoms with van der Waals surface area (Å²) in [7, 11) is 3.21. The maximum absolute atomic E-state index is 11.4. The van der Waals surface area contributed by atoms with Crippen LogP contribution in [0.25, 0.3) is 0 Å². The highest BCUT2D eigenvalue weighted by molar-refractivity contribution is 5.56. The van der Waals surface area contributed by atoms with Crippen molar-refractivity contribution in [3.05, 3.63) is 117 Å². The second-order valence-corrected chi connectivity index (χ2v) is 13.4. The highest BCUT2D eigenvalue weighted by atomic mass is 16.5. The van der Waals surface area contributed by atoms with E-state index in [0.717, 1.165) is 34.6 Å². The van der Waals surface area contributed by atoms with Crippen molar-refractivity contribution < 1.29 is 39.7 Å². The van der Waals surface area contributed by atoms with E-state index in [9.17, 15) is 25.5 Å². The van der Waals surface area contributed by atoms with Gasteiger partial charge in [-0.05, 0) is 102 Å². The zero-order valence-corrected chi connectivity index (χ0v) is 29.7. The summed E-state index contributed by atoms with van der Waals surface area (Å²) in [6.07, 6.45) is 6.85. The molecule has 8 heteroatoms. The van der Waals surface area contributed by atoms with Crippen molar-refractivity contribution in [2.45, 2.75) is 78.2 Å². The summed E-state index contributed by atoms with van der Waals surface area (Å²) in [5, 5.41) is 55.1. The molecule has 264 valence electrons. The van der Waals surface area contributed by atoms with Crippen molar-refractivity contribution in [1.82, 2.24) is 0 Å². The van der Waals surface area contributed by atoms with Gasteiger partial charge < -0.3 is 39.7 Å². The van der Waals surface area contributed by atoms with Gasteiger partial charge in [0.25, 0.3) is 0 Å². The van der Waals surface area contributed by atoms with Crippen LogP contribution in [0, 0.1) is 0 Å². The summed E-state index contributed by atoms with van der Waals surface area (Å²) in [6.45, 7) is 8.09. The lowest BCUT2D eigenvalue weighted by molar-refractivity contribution is 0.170. The number of hydrogen-bond donors (Lipinski definition) is 5. The zero-order valence-electron chi connectivity index (χ0n) is 29.7. The number of allylic oxidation sites excluding steroid dienone is 4. The van der Waals surface area contributed by atoms with Crippen molar-refractivity contribution in [2.24, 2.45) is 0 Å². The fourth-order valence-electron chi connectivity index (χ4n) is 6.72. The number of rotatable bonds is 12. The van der Waals surface area contributed by atoms with Crippen molar-refractivity contribution in [1.29, 1.82) is 0 Å². The van der Waals surface area contributed by atoms with Crippen LogP contribution in [0.2, 0.25) is 0 Å². The third-order valence-electron chi connectivity index (χ3n) is 9.42. The molecule has 1 heterocycles. The smallest absolute Gasteiger partial charge is 0.130 e. The first-order valence-corrected chi connectivity index (χ1v) is 17.0. The molecular formula is C42H48O8. The molecule has 5 rings (SSSR count). The van der Waals surface area contributed by atoms with Crippen LogP contribution in [0.4, 0.5) is 0 Å². The number of hydrogen-bond acceptors (Lipinski definition) is 8. The van der Waals surface area contributed by atoms with Gasteiger partial charge in [-0.15, -0.1) is 0 Å². The Hall–Kier alpha value is -5.24. The highest BCUT2D eigenvalue weighted by Gasteiger charge is 2.30. The van der Waals surface area contributed by atoms with E-state index in [1.165, 1.54) is 23.8 Å². The van der Waals surface area contributed by atoms with Gasteiger partial charge in [-0.25, -0.2) is 0 Å². The normalized spacial score (nSPS) is 14.2. The third-order valence-corrected chi connectivity index (χ3v) is 9.42. The van der Waals surface area contributed by atoms with E-state index in [1.54, 1.807) is 26.4 Å². The molecule has 2 atom stereocenters. The van der Waals surface area contributed by atoms with Crippen LogP contribution in [-0.4, -0.2) is 39.8 Å². The molecule has 0 spiro atoms. The van der Waals surface area contributed by atoms with Crippen LogP contribution >= 0.6 is 0 Å². The van der Waals surface area contributed by atoms with Crippen LogP contribution < -0.4 is 14.2 Å². The molecule has 0 aliphatic carbocycles. The molecule has 0 amide bonds. The Bertz CT molecular complexity index is 1910. The van der Waals surface area contributed by atoms with Crippen molar-refractivity contribution >= 4 is 0 Å². The Kier molecular flexibility index (Phi) is 11.2. The van der Waals surface area contributed by atoms with Gasteiger partial charge in [-0.2, -0.15) is 0 Å². The molecule has 4 aromatic rings. The maximum Gasteiger partial charge on any atom is 0.130 e. The third kappa shape index (κ3) is 7.80. The molecule has 4 aromatic carbocycles. The minimum absolute atomic E-state index is 0.0917. The van der Waals surface area contributed by atoms with Gasteiger partial charge in [0.2, 0.25) is 0 Å². The summed E-state index contributed by atoms with van der Waals surface area (Å²) >= 11 is 0. The number of fused-ring (bicyclic) bond motifs is 1. The zero-order chi connectivity index (χ0) is 36.1. The van der Waals surface area contributed by atoms with Crippen molar-refractivity contribution in [3.8, 4) is 46.0 Å². The molecule has 8 nitrogen and oxygen atoms in total. The number of benzene rings is 4. The van der Waals surface area contributed by atoms with Crippen molar-refractivity contribution in [2.75, 3.05) is 14.2 Å². The number of ether oxygens (including phenoxy) is 3. The van der Waals surface area contributed by atoms with Crippen LogP contribution in [0.5, 0.6) is 46.0 Å². The molecule has 0 aromatic heterocycles. The van der Waals surface area contributed by atoms with E-state index in [-0.39, 0.29) is 28.7 Å². The first-order valence-electron chi connectivity index (χ1n) is 17.0. The Morgan fingerprint density at radius 2 is 1.40 bits per heavy atom. The monoisotopic (exact) mass is 680 g/mol. The average molecular weight is 681 g/mol. The van der Waals surface area contributed by atoms with E-state index >= 15 is 0 Å². The Morgan fingerprint density at radius 3 is 2.06 bits per heavy atom. The number of phenols is 5. The SMILES string of the molecule is COc1ccc(CCC(c2ccc(O)cc2O)c2cc([C@H]3CCc4ccc(OC)c(CC=C(C)C)c4O3)c(O)cc2O)c(O)c1CC=C(C)C. The first-order chi connectivity index (χ1) is 23.9. The van der Waals surface area contributed by atoms with Gasteiger partial charge in [-0.3, -0.25) is 0 Å². The molecule has 1 unspecified atom stereocenters. The quantitative estimate of drug-likeness (QED) is 0.0938. The fourth-order valence-corrected chi connectivity index (χ4v) is 6.72. The average Bonchev–Trinajstić information content (AvgIpc) is 3.08. The van der Waals surface area contributed by atoms with Crippen LogP contribution in [0.1, 0.15) is 91.5 Å². The molecular weight excluding hydrogens is 632 g/mol. The highest BCUT2D eigenvalue weighted by Crippen LogP contribution is 2.47. The van der Waals surface area contributed by atoms with Crippen LogP contribution in [0.3, 0.4) is 0 Å². The predicted octanol–water partition coefficient (Wildman–Crippen LogP) is 9.08. The summed E-state index contributed by atoms with van der Waals surface area (Å²) < 4.78 is 17.9. The largest absolute Gasteiger partial charge is 0.508 e. The summed E-state index contributed by atoms with van der Waals surface area (Å²) in [5.41, 5.74) is 7.13.